The van der Waals surface area contributed by atoms with Crippen LogP contribution in [0.4, 0.5) is 0 Å². The Balaban J connectivity index is 2.58. The molecule has 0 atom stereocenters. The molecule has 0 amide bonds. The zero-order valence-corrected chi connectivity index (χ0v) is 8.74. The lowest BCUT2D eigenvalue weighted by molar-refractivity contribution is 0.284. The first kappa shape index (κ1) is 10.4. The summed E-state index contributed by atoms with van der Waals surface area (Å²) in [6.45, 7) is 0. The molecule has 0 saturated carbocycles. The Hall–Kier alpha value is -1.14. The highest BCUT2D eigenvalue weighted by molar-refractivity contribution is 7.46. The maximum atomic E-state index is 10.6. The number of phosphoric acid groups is 1. The van der Waals surface area contributed by atoms with E-state index in [9.17, 15) is 4.57 Å². The van der Waals surface area contributed by atoms with Crippen molar-refractivity contribution in [1.82, 2.24) is 15.4 Å². The van der Waals surface area contributed by atoms with Crippen molar-refractivity contribution < 1.29 is 18.9 Å². The smallest absolute Gasteiger partial charge is 0.402 e. The number of halogens is 1. The van der Waals surface area contributed by atoms with Crippen LogP contribution in [-0.2, 0) is 4.57 Å². The maximum Gasteiger partial charge on any atom is 0.524 e. The molecule has 0 radical (unpaired) electrons. The molecule has 0 bridgehead atoms. The van der Waals surface area contributed by atoms with Crippen LogP contribution in [0.25, 0.3) is 11.0 Å². The van der Waals surface area contributed by atoms with E-state index in [2.05, 4.69) is 19.9 Å². The van der Waals surface area contributed by atoms with Crippen LogP contribution in [-0.4, -0.2) is 25.2 Å². The lowest BCUT2D eigenvalue weighted by Gasteiger charge is -2.06. The molecular weight excluding hydrogens is 245 g/mol. The summed E-state index contributed by atoms with van der Waals surface area (Å²) in [5.41, 5.74) is 0.577. The number of nitrogens with one attached hydrogen (secondary N) is 1. The van der Waals surface area contributed by atoms with E-state index in [1.54, 1.807) is 0 Å². The van der Waals surface area contributed by atoms with E-state index in [1.807, 2.05) is 0 Å². The van der Waals surface area contributed by atoms with E-state index in [0.29, 0.717) is 5.52 Å². The lowest BCUT2D eigenvalue weighted by atomic mass is 10.3. The fourth-order valence-electron chi connectivity index (χ4n) is 1.08. The van der Waals surface area contributed by atoms with Gasteiger partial charge in [-0.1, -0.05) is 11.6 Å². The summed E-state index contributed by atoms with van der Waals surface area (Å²) >= 11 is 5.69. The van der Waals surface area contributed by atoms with Crippen molar-refractivity contribution in [3.05, 3.63) is 17.2 Å². The normalized spacial score (nSPS) is 11.9. The molecule has 0 aliphatic carbocycles. The minimum Gasteiger partial charge on any atom is -0.402 e. The Bertz CT molecular complexity index is 550. The van der Waals surface area contributed by atoms with Crippen molar-refractivity contribution in [2.24, 2.45) is 0 Å². The van der Waals surface area contributed by atoms with Gasteiger partial charge in [-0.25, -0.2) is 4.57 Å². The number of rotatable bonds is 2. The van der Waals surface area contributed by atoms with Gasteiger partial charge in [-0.2, -0.15) is 15.4 Å². The van der Waals surface area contributed by atoms with Crippen LogP contribution in [0.3, 0.4) is 0 Å². The minimum absolute atomic E-state index is 0.111. The van der Waals surface area contributed by atoms with Gasteiger partial charge in [0.15, 0.2) is 11.3 Å². The fraction of sp³-hybridized carbons (Fsp3) is 0. The summed E-state index contributed by atoms with van der Waals surface area (Å²) in [5.74, 6) is -0.111. The number of aromatic nitrogens is 3. The molecule has 0 unspecified atom stereocenters. The fourth-order valence-corrected chi connectivity index (χ4v) is 1.68. The summed E-state index contributed by atoms with van der Waals surface area (Å²) in [7, 11) is -4.63. The van der Waals surface area contributed by atoms with Crippen molar-refractivity contribution in [2.45, 2.75) is 0 Å². The molecule has 15 heavy (non-hydrogen) atoms. The van der Waals surface area contributed by atoms with Gasteiger partial charge in [0.05, 0.1) is 0 Å². The molecule has 9 heteroatoms. The summed E-state index contributed by atoms with van der Waals surface area (Å²) in [5, 5.41) is 9.95. The molecule has 0 saturated heterocycles. The van der Waals surface area contributed by atoms with E-state index >= 15 is 0 Å². The molecule has 0 spiro atoms. The standard InChI is InChI=1S/C6H5ClN3O4P/c7-3-1-4-6(9-10-8-4)5(2-3)14-15(11,12)13/h1-2H,(H,8,9,10)(H2,11,12,13). The molecule has 7 nitrogen and oxygen atoms in total. The third kappa shape index (κ3) is 2.27. The third-order valence-corrected chi connectivity index (χ3v) is 2.22. The van der Waals surface area contributed by atoms with Crippen LogP contribution in [0.15, 0.2) is 12.1 Å². The molecule has 0 aliphatic heterocycles. The van der Waals surface area contributed by atoms with Gasteiger partial charge in [-0.3, -0.25) is 9.79 Å². The molecule has 1 aromatic carbocycles. The SMILES string of the molecule is O=P(O)(O)Oc1cc(Cl)cc2n[nH]nc12. The highest BCUT2D eigenvalue weighted by Gasteiger charge is 2.19. The predicted molar refractivity (Wildman–Crippen MR) is 51.6 cm³/mol. The topological polar surface area (TPSA) is 108 Å². The van der Waals surface area contributed by atoms with Gasteiger partial charge in [-0.05, 0) is 6.07 Å². The van der Waals surface area contributed by atoms with Crippen molar-refractivity contribution >= 4 is 30.5 Å². The van der Waals surface area contributed by atoms with E-state index in [4.69, 9.17) is 21.4 Å². The second-order valence-corrected chi connectivity index (χ2v) is 4.28. The van der Waals surface area contributed by atoms with Crippen molar-refractivity contribution in [1.29, 1.82) is 0 Å². The number of hydrogen-bond acceptors (Lipinski definition) is 4. The Labute approximate surface area is 88.3 Å². The average Bonchev–Trinajstić information content (AvgIpc) is 2.48. The van der Waals surface area contributed by atoms with Crippen LogP contribution < -0.4 is 4.52 Å². The maximum absolute atomic E-state index is 10.6. The van der Waals surface area contributed by atoms with Crippen molar-refractivity contribution in [3.8, 4) is 5.75 Å². The lowest BCUT2D eigenvalue weighted by Crippen LogP contribution is -1.91. The minimum atomic E-state index is -4.63. The number of aromatic amines is 1. The number of nitrogens with zero attached hydrogens (tertiary/aromatic N) is 2. The van der Waals surface area contributed by atoms with Gasteiger partial charge < -0.3 is 4.52 Å². The van der Waals surface area contributed by atoms with Crippen LogP contribution >= 0.6 is 19.4 Å². The Morgan fingerprint density at radius 2 is 2.13 bits per heavy atom. The van der Waals surface area contributed by atoms with E-state index in [-0.39, 0.29) is 16.3 Å². The van der Waals surface area contributed by atoms with Gasteiger partial charge in [0.2, 0.25) is 0 Å². The van der Waals surface area contributed by atoms with Crippen LogP contribution in [0.1, 0.15) is 0 Å². The second kappa shape index (κ2) is 3.46. The zero-order chi connectivity index (χ0) is 11.1. The Kier molecular flexibility index (Phi) is 2.40. The third-order valence-electron chi connectivity index (χ3n) is 1.57. The number of H-pyrrole nitrogens is 1. The van der Waals surface area contributed by atoms with Crippen molar-refractivity contribution in [3.63, 3.8) is 0 Å². The van der Waals surface area contributed by atoms with Gasteiger partial charge in [0, 0.05) is 11.1 Å². The van der Waals surface area contributed by atoms with Gasteiger partial charge >= 0.3 is 7.82 Å². The highest BCUT2D eigenvalue weighted by Crippen LogP contribution is 2.40. The molecule has 1 heterocycles. The number of hydrogen-bond donors (Lipinski definition) is 3. The summed E-state index contributed by atoms with van der Waals surface area (Å²) in [4.78, 5) is 17.3. The van der Waals surface area contributed by atoms with Crippen LogP contribution in [0.5, 0.6) is 5.75 Å². The van der Waals surface area contributed by atoms with Crippen molar-refractivity contribution in [2.75, 3.05) is 0 Å². The first-order valence-electron chi connectivity index (χ1n) is 3.71. The van der Waals surface area contributed by atoms with Gasteiger partial charge in [0.1, 0.15) is 5.52 Å². The Morgan fingerprint density at radius 3 is 2.80 bits per heavy atom. The van der Waals surface area contributed by atoms with E-state index < -0.39 is 7.82 Å². The number of fused-ring (bicyclic) bond motifs is 1. The van der Waals surface area contributed by atoms with Crippen LogP contribution in [0, 0.1) is 0 Å². The second-order valence-electron chi connectivity index (χ2n) is 2.68. The quantitative estimate of drug-likeness (QED) is 0.687. The van der Waals surface area contributed by atoms with Gasteiger partial charge in [0.25, 0.3) is 0 Å². The number of phosphoric ester groups is 1. The first-order valence-corrected chi connectivity index (χ1v) is 5.62. The largest absolute Gasteiger partial charge is 0.524 e. The molecule has 3 N–H and O–H groups in total. The molecule has 80 valence electrons. The average molecular weight is 250 g/mol. The molecule has 0 aliphatic rings. The summed E-state index contributed by atoms with van der Waals surface area (Å²) in [6, 6.07) is 2.75. The first-order chi connectivity index (χ1) is 6.96. The predicted octanol–water partition coefficient (Wildman–Crippen LogP) is 1.08. The Morgan fingerprint density at radius 1 is 1.40 bits per heavy atom. The van der Waals surface area contributed by atoms with Crippen LogP contribution in [0.2, 0.25) is 5.02 Å². The summed E-state index contributed by atoms with van der Waals surface area (Å²) < 4.78 is 15.1. The van der Waals surface area contributed by atoms with E-state index in [1.165, 1.54) is 12.1 Å². The number of benzene rings is 1. The zero-order valence-electron chi connectivity index (χ0n) is 7.09. The van der Waals surface area contributed by atoms with E-state index in [0.717, 1.165) is 0 Å². The molecule has 1 aromatic heterocycles. The highest BCUT2D eigenvalue weighted by atomic mass is 35.5. The summed E-state index contributed by atoms with van der Waals surface area (Å²) in [6.07, 6.45) is 0. The molecule has 2 aromatic rings. The molecule has 2 rings (SSSR count). The molecule has 0 fully saturated rings. The monoisotopic (exact) mass is 249 g/mol. The van der Waals surface area contributed by atoms with Gasteiger partial charge in [-0.15, -0.1) is 0 Å². The molecular formula is C6H5ClN3O4P.